The van der Waals surface area contributed by atoms with Crippen LogP contribution in [0.2, 0.25) is 0 Å². The summed E-state index contributed by atoms with van der Waals surface area (Å²) in [6.45, 7) is 6.54. The van der Waals surface area contributed by atoms with Crippen LogP contribution in [0.4, 0.5) is 0 Å². The Morgan fingerprint density at radius 2 is 1.81 bits per heavy atom. The summed E-state index contributed by atoms with van der Waals surface area (Å²) >= 11 is 0. The van der Waals surface area contributed by atoms with Gasteiger partial charge in [0, 0.05) is 23.7 Å². The first kappa shape index (κ1) is 15.7. The summed E-state index contributed by atoms with van der Waals surface area (Å²) < 4.78 is 10.7. The van der Waals surface area contributed by atoms with E-state index in [1.54, 1.807) is 14.2 Å². The van der Waals surface area contributed by atoms with Gasteiger partial charge in [-0.25, -0.2) is 0 Å². The predicted molar refractivity (Wildman–Crippen MR) is 86.4 cm³/mol. The molecule has 0 saturated carbocycles. The molecule has 2 rings (SSSR count). The maximum absolute atomic E-state index is 5.47. The molecule has 1 saturated heterocycles. The minimum absolute atomic E-state index is 0.493. The number of piperidine rings is 1. The zero-order valence-corrected chi connectivity index (χ0v) is 13.7. The standard InChI is InChI=1S/C17H26N2O2/c1-12-7-6-8-13(2)19(12)18-14(3)16-10-9-15(20-4)11-17(16)21-5/h9-13H,6-8H2,1-5H3. The summed E-state index contributed by atoms with van der Waals surface area (Å²) in [6.07, 6.45) is 3.71. The van der Waals surface area contributed by atoms with E-state index in [2.05, 4.69) is 18.9 Å². The topological polar surface area (TPSA) is 34.1 Å². The van der Waals surface area contributed by atoms with E-state index in [1.165, 1.54) is 19.3 Å². The van der Waals surface area contributed by atoms with Gasteiger partial charge in [-0.3, -0.25) is 5.01 Å². The molecule has 2 unspecified atom stereocenters. The summed E-state index contributed by atoms with van der Waals surface area (Å²) in [5.74, 6) is 1.59. The fourth-order valence-electron chi connectivity index (χ4n) is 2.93. The van der Waals surface area contributed by atoms with Gasteiger partial charge < -0.3 is 9.47 Å². The largest absolute Gasteiger partial charge is 0.497 e. The first-order valence-electron chi connectivity index (χ1n) is 7.62. The third-order valence-electron chi connectivity index (χ3n) is 4.21. The second-order valence-electron chi connectivity index (χ2n) is 5.76. The summed E-state index contributed by atoms with van der Waals surface area (Å²) in [6, 6.07) is 6.84. The lowest BCUT2D eigenvalue weighted by Crippen LogP contribution is -2.40. The van der Waals surface area contributed by atoms with E-state index in [1.807, 2.05) is 25.1 Å². The third kappa shape index (κ3) is 3.49. The number of nitrogens with zero attached hydrogens (tertiary/aromatic N) is 2. The number of rotatable bonds is 4. The number of hydrazone groups is 1. The van der Waals surface area contributed by atoms with Crippen molar-refractivity contribution in [3.63, 3.8) is 0 Å². The number of hydrogen-bond donors (Lipinski definition) is 0. The molecule has 116 valence electrons. The van der Waals surface area contributed by atoms with Crippen LogP contribution in [-0.2, 0) is 0 Å². The van der Waals surface area contributed by atoms with Crippen molar-refractivity contribution in [3.8, 4) is 11.5 Å². The van der Waals surface area contributed by atoms with Gasteiger partial charge in [0.15, 0.2) is 0 Å². The van der Waals surface area contributed by atoms with Crippen molar-refractivity contribution in [1.82, 2.24) is 5.01 Å². The fourth-order valence-corrected chi connectivity index (χ4v) is 2.93. The Hall–Kier alpha value is -1.71. The molecule has 0 aliphatic carbocycles. The Kier molecular flexibility index (Phi) is 5.10. The van der Waals surface area contributed by atoms with Crippen LogP contribution < -0.4 is 9.47 Å². The molecule has 21 heavy (non-hydrogen) atoms. The van der Waals surface area contributed by atoms with Gasteiger partial charge in [0.05, 0.1) is 19.9 Å². The molecule has 1 aromatic rings. The summed E-state index contributed by atoms with van der Waals surface area (Å²) in [7, 11) is 3.34. The van der Waals surface area contributed by atoms with Gasteiger partial charge in [0.25, 0.3) is 0 Å². The van der Waals surface area contributed by atoms with Gasteiger partial charge in [-0.1, -0.05) is 0 Å². The summed E-state index contributed by atoms with van der Waals surface area (Å²) in [5, 5.41) is 7.10. The Labute approximate surface area is 127 Å². The molecule has 4 heteroatoms. The van der Waals surface area contributed by atoms with E-state index < -0.39 is 0 Å². The summed E-state index contributed by atoms with van der Waals surface area (Å²) in [4.78, 5) is 0. The van der Waals surface area contributed by atoms with Crippen molar-refractivity contribution in [3.05, 3.63) is 23.8 Å². The van der Waals surface area contributed by atoms with Gasteiger partial charge >= 0.3 is 0 Å². The molecule has 1 aliphatic heterocycles. The maximum Gasteiger partial charge on any atom is 0.131 e. The number of hydrogen-bond acceptors (Lipinski definition) is 4. The molecule has 1 aliphatic rings. The van der Waals surface area contributed by atoms with E-state index in [0.29, 0.717) is 12.1 Å². The lowest BCUT2D eigenvalue weighted by molar-refractivity contribution is 0.108. The highest BCUT2D eigenvalue weighted by atomic mass is 16.5. The van der Waals surface area contributed by atoms with Crippen molar-refractivity contribution in [2.45, 2.75) is 52.1 Å². The highest BCUT2D eigenvalue weighted by Gasteiger charge is 2.23. The van der Waals surface area contributed by atoms with Crippen LogP contribution in [0, 0.1) is 0 Å². The molecule has 0 amide bonds. The Bertz CT molecular complexity index is 504. The maximum atomic E-state index is 5.47. The van der Waals surface area contributed by atoms with Crippen molar-refractivity contribution in [2.24, 2.45) is 5.10 Å². The molecule has 0 aromatic heterocycles. The third-order valence-corrected chi connectivity index (χ3v) is 4.21. The number of methoxy groups -OCH3 is 2. The minimum Gasteiger partial charge on any atom is -0.497 e. The van der Waals surface area contributed by atoms with E-state index in [9.17, 15) is 0 Å². The van der Waals surface area contributed by atoms with Crippen LogP contribution in [0.25, 0.3) is 0 Å². The molecule has 1 fully saturated rings. The van der Waals surface area contributed by atoms with Gasteiger partial charge in [0.2, 0.25) is 0 Å². The SMILES string of the molecule is COc1ccc(C(C)=NN2C(C)CCCC2C)c(OC)c1. The first-order chi connectivity index (χ1) is 10.1. The molecule has 2 atom stereocenters. The van der Waals surface area contributed by atoms with E-state index >= 15 is 0 Å². The molecule has 0 radical (unpaired) electrons. The highest BCUT2D eigenvalue weighted by molar-refractivity contribution is 6.01. The molecule has 0 bridgehead atoms. The average molecular weight is 290 g/mol. The molecular weight excluding hydrogens is 264 g/mol. The second kappa shape index (κ2) is 6.83. The van der Waals surface area contributed by atoms with E-state index in [0.717, 1.165) is 22.8 Å². The molecular formula is C17H26N2O2. The lowest BCUT2D eigenvalue weighted by atomic mass is 10.00. The fraction of sp³-hybridized carbons (Fsp3) is 0.588. The zero-order valence-electron chi connectivity index (χ0n) is 13.7. The number of benzene rings is 1. The first-order valence-corrected chi connectivity index (χ1v) is 7.62. The van der Waals surface area contributed by atoms with E-state index in [-0.39, 0.29) is 0 Å². The smallest absolute Gasteiger partial charge is 0.131 e. The quantitative estimate of drug-likeness (QED) is 0.793. The van der Waals surface area contributed by atoms with Gasteiger partial charge in [-0.2, -0.15) is 5.10 Å². The van der Waals surface area contributed by atoms with Crippen LogP contribution in [0.1, 0.15) is 45.6 Å². The molecule has 1 heterocycles. The van der Waals surface area contributed by atoms with Crippen molar-refractivity contribution < 1.29 is 9.47 Å². The monoisotopic (exact) mass is 290 g/mol. The van der Waals surface area contributed by atoms with Crippen LogP contribution in [0.3, 0.4) is 0 Å². The minimum atomic E-state index is 0.493. The van der Waals surface area contributed by atoms with Crippen LogP contribution in [0.5, 0.6) is 11.5 Å². The number of ether oxygens (including phenoxy) is 2. The second-order valence-corrected chi connectivity index (χ2v) is 5.76. The Morgan fingerprint density at radius 1 is 1.14 bits per heavy atom. The predicted octanol–water partition coefficient (Wildman–Crippen LogP) is 3.69. The molecule has 0 spiro atoms. The lowest BCUT2D eigenvalue weighted by Gasteiger charge is -2.37. The van der Waals surface area contributed by atoms with Crippen molar-refractivity contribution in [1.29, 1.82) is 0 Å². The molecule has 1 aromatic carbocycles. The normalized spacial score (nSPS) is 23.1. The van der Waals surface area contributed by atoms with Gasteiger partial charge in [-0.15, -0.1) is 0 Å². The van der Waals surface area contributed by atoms with Crippen LogP contribution in [0.15, 0.2) is 23.3 Å². The van der Waals surface area contributed by atoms with Crippen molar-refractivity contribution >= 4 is 5.71 Å². The van der Waals surface area contributed by atoms with Gasteiger partial charge in [0.1, 0.15) is 11.5 Å². The van der Waals surface area contributed by atoms with Gasteiger partial charge in [-0.05, 0) is 52.2 Å². The highest BCUT2D eigenvalue weighted by Crippen LogP contribution is 2.27. The average Bonchev–Trinajstić information content (AvgIpc) is 2.50. The Morgan fingerprint density at radius 3 is 2.38 bits per heavy atom. The zero-order chi connectivity index (χ0) is 15.4. The Balaban J connectivity index is 2.29. The molecule has 4 nitrogen and oxygen atoms in total. The van der Waals surface area contributed by atoms with Crippen molar-refractivity contribution in [2.75, 3.05) is 14.2 Å². The summed E-state index contributed by atoms with van der Waals surface area (Å²) in [5.41, 5.74) is 2.00. The van der Waals surface area contributed by atoms with Crippen LogP contribution in [-0.4, -0.2) is 37.0 Å². The molecule has 0 N–H and O–H groups in total. The van der Waals surface area contributed by atoms with E-state index in [4.69, 9.17) is 14.6 Å². The van der Waals surface area contributed by atoms with Crippen LogP contribution >= 0.6 is 0 Å².